The number of fused-ring (bicyclic) bond motifs is 1. The van der Waals surface area contributed by atoms with Crippen LogP contribution in [-0.2, 0) is 7.05 Å². The van der Waals surface area contributed by atoms with E-state index in [0.29, 0.717) is 10.9 Å². The van der Waals surface area contributed by atoms with Gasteiger partial charge in [-0.3, -0.25) is 4.79 Å². The summed E-state index contributed by atoms with van der Waals surface area (Å²) in [6.45, 7) is 0. The largest absolute Gasteiger partial charge is 0.438 e. The number of carbonyl (C=O) groups is 1. The van der Waals surface area contributed by atoms with Gasteiger partial charge in [0, 0.05) is 36.8 Å². The van der Waals surface area contributed by atoms with Gasteiger partial charge < -0.3 is 9.67 Å². The lowest BCUT2D eigenvalue weighted by Gasteiger charge is -2.32. The monoisotopic (exact) mass is 311 g/mol. The van der Waals surface area contributed by atoms with Crippen LogP contribution in [0.2, 0.25) is 0 Å². The van der Waals surface area contributed by atoms with Crippen LogP contribution in [0.4, 0.5) is 13.2 Å². The Morgan fingerprint density at radius 1 is 1.36 bits per heavy atom. The maximum atomic E-state index is 13.1. The third kappa shape index (κ3) is 1.91. The molecule has 3 rings (SSSR count). The standard InChI is InChI=1S/C14H12F3N3O2/c1-19-8-10(9-4-2-3-5-11(9)19)12(21)20-13(22,6-7-18-20)14(15,16)17/h2-5,7-8,22H,6H2,1H3/t13-/m0/s1. The number of benzene rings is 1. The van der Waals surface area contributed by atoms with E-state index in [-0.39, 0.29) is 10.6 Å². The lowest BCUT2D eigenvalue weighted by molar-refractivity contribution is -0.297. The summed E-state index contributed by atoms with van der Waals surface area (Å²) in [6.07, 6.45) is -3.47. The van der Waals surface area contributed by atoms with E-state index in [0.717, 1.165) is 6.21 Å². The number of amides is 1. The van der Waals surface area contributed by atoms with Crippen molar-refractivity contribution in [2.24, 2.45) is 12.1 Å². The molecule has 1 aromatic heterocycles. The summed E-state index contributed by atoms with van der Waals surface area (Å²) in [5.41, 5.74) is -2.55. The third-order valence-electron chi connectivity index (χ3n) is 3.70. The van der Waals surface area contributed by atoms with Gasteiger partial charge in [0.1, 0.15) is 0 Å². The molecule has 8 heteroatoms. The van der Waals surface area contributed by atoms with Crippen molar-refractivity contribution in [3.63, 3.8) is 0 Å². The van der Waals surface area contributed by atoms with Crippen LogP contribution in [0.5, 0.6) is 0 Å². The Balaban J connectivity index is 2.08. The van der Waals surface area contributed by atoms with Crippen molar-refractivity contribution < 1.29 is 23.1 Å². The molecule has 5 nitrogen and oxygen atoms in total. The number of para-hydroxylation sites is 1. The average molecular weight is 311 g/mol. The number of nitrogens with zero attached hydrogens (tertiary/aromatic N) is 3. The molecule has 1 aromatic carbocycles. The highest BCUT2D eigenvalue weighted by Gasteiger charge is 2.61. The van der Waals surface area contributed by atoms with Crippen molar-refractivity contribution in [1.29, 1.82) is 0 Å². The molecule has 2 heterocycles. The van der Waals surface area contributed by atoms with E-state index in [1.807, 2.05) is 0 Å². The molecule has 1 aliphatic heterocycles. The Labute approximate surface area is 123 Å². The molecule has 2 aromatic rings. The zero-order valence-corrected chi connectivity index (χ0v) is 11.5. The van der Waals surface area contributed by atoms with Crippen LogP contribution in [0.3, 0.4) is 0 Å². The van der Waals surface area contributed by atoms with E-state index in [2.05, 4.69) is 5.10 Å². The molecule has 0 radical (unpaired) electrons. The highest BCUT2D eigenvalue weighted by Crippen LogP contribution is 2.39. The fourth-order valence-corrected chi connectivity index (χ4v) is 2.51. The topological polar surface area (TPSA) is 57.8 Å². The van der Waals surface area contributed by atoms with Crippen LogP contribution in [-0.4, -0.2) is 38.7 Å². The van der Waals surface area contributed by atoms with Crippen molar-refractivity contribution in [3.05, 3.63) is 36.0 Å². The van der Waals surface area contributed by atoms with Gasteiger partial charge in [-0.1, -0.05) is 18.2 Å². The van der Waals surface area contributed by atoms with Crippen molar-refractivity contribution in [3.8, 4) is 0 Å². The summed E-state index contributed by atoms with van der Waals surface area (Å²) in [7, 11) is 1.68. The van der Waals surface area contributed by atoms with Crippen molar-refractivity contribution >= 4 is 23.0 Å². The lowest BCUT2D eigenvalue weighted by atomic mass is 10.1. The number of hydrazone groups is 1. The number of carbonyl (C=O) groups excluding carboxylic acids is 1. The summed E-state index contributed by atoms with van der Waals surface area (Å²) in [4.78, 5) is 12.5. The van der Waals surface area contributed by atoms with Gasteiger partial charge in [-0.15, -0.1) is 0 Å². The molecule has 0 aliphatic carbocycles. The molecular weight excluding hydrogens is 299 g/mol. The van der Waals surface area contributed by atoms with Gasteiger partial charge in [-0.25, -0.2) is 0 Å². The minimum absolute atomic E-state index is 0.0554. The van der Waals surface area contributed by atoms with E-state index in [1.54, 1.807) is 35.9 Å². The van der Waals surface area contributed by atoms with Gasteiger partial charge in [-0.2, -0.15) is 23.3 Å². The number of hydrogen-bond donors (Lipinski definition) is 1. The number of rotatable bonds is 1. The SMILES string of the molecule is Cn1cc(C(=O)N2N=CC[C@]2(O)C(F)(F)F)c2ccccc21. The number of aromatic nitrogens is 1. The van der Waals surface area contributed by atoms with Crippen molar-refractivity contribution in [1.82, 2.24) is 9.58 Å². The van der Waals surface area contributed by atoms with Crippen LogP contribution >= 0.6 is 0 Å². The highest BCUT2D eigenvalue weighted by molar-refractivity contribution is 6.07. The molecule has 1 aliphatic rings. The van der Waals surface area contributed by atoms with E-state index in [1.165, 1.54) is 6.20 Å². The van der Waals surface area contributed by atoms with Crippen LogP contribution in [0, 0.1) is 0 Å². The number of hydrogen-bond acceptors (Lipinski definition) is 3. The van der Waals surface area contributed by atoms with E-state index >= 15 is 0 Å². The molecule has 22 heavy (non-hydrogen) atoms. The predicted molar refractivity (Wildman–Crippen MR) is 73.2 cm³/mol. The molecule has 0 saturated heterocycles. The molecule has 0 saturated carbocycles. The molecule has 1 N–H and O–H groups in total. The second-order valence-electron chi connectivity index (χ2n) is 5.10. The van der Waals surface area contributed by atoms with Gasteiger partial charge in [0.05, 0.1) is 5.56 Å². The Morgan fingerprint density at radius 3 is 2.73 bits per heavy atom. The first-order chi connectivity index (χ1) is 10.3. The van der Waals surface area contributed by atoms with Gasteiger partial charge in [0.15, 0.2) is 0 Å². The van der Waals surface area contributed by atoms with E-state index in [9.17, 15) is 23.1 Å². The molecule has 0 fully saturated rings. The molecule has 0 spiro atoms. The minimum Gasteiger partial charge on any atom is -0.362 e. The lowest BCUT2D eigenvalue weighted by Crippen LogP contribution is -2.56. The Bertz CT molecular complexity index is 781. The Kier molecular flexibility index (Phi) is 3.03. The molecular formula is C14H12F3N3O2. The van der Waals surface area contributed by atoms with Gasteiger partial charge in [0.2, 0.25) is 0 Å². The molecule has 0 bridgehead atoms. The summed E-state index contributed by atoms with van der Waals surface area (Å²) in [5.74, 6) is -0.995. The average Bonchev–Trinajstić information content (AvgIpc) is 3.00. The van der Waals surface area contributed by atoms with Crippen LogP contribution in [0.15, 0.2) is 35.6 Å². The van der Waals surface area contributed by atoms with Crippen molar-refractivity contribution in [2.45, 2.75) is 18.3 Å². The molecule has 1 atom stereocenters. The van der Waals surface area contributed by atoms with Gasteiger partial charge >= 0.3 is 6.18 Å². The van der Waals surface area contributed by atoms with E-state index < -0.39 is 24.2 Å². The Morgan fingerprint density at radius 2 is 2.05 bits per heavy atom. The van der Waals surface area contributed by atoms with Crippen molar-refractivity contribution in [2.75, 3.05) is 0 Å². The first-order valence-electron chi connectivity index (χ1n) is 6.46. The maximum absolute atomic E-state index is 13.1. The predicted octanol–water partition coefficient (Wildman–Crippen LogP) is 2.26. The quantitative estimate of drug-likeness (QED) is 0.878. The second-order valence-corrected chi connectivity index (χ2v) is 5.10. The summed E-state index contributed by atoms with van der Waals surface area (Å²) in [5, 5.41) is 13.9. The molecule has 116 valence electrons. The van der Waals surface area contributed by atoms with Crippen LogP contribution in [0.1, 0.15) is 16.8 Å². The highest BCUT2D eigenvalue weighted by atomic mass is 19.4. The zero-order valence-electron chi connectivity index (χ0n) is 11.5. The molecule has 1 amide bonds. The molecule has 0 unspecified atom stereocenters. The summed E-state index contributed by atoms with van der Waals surface area (Å²) < 4.78 is 40.8. The van der Waals surface area contributed by atoms with E-state index in [4.69, 9.17) is 0 Å². The number of halogens is 3. The van der Waals surface area contributed by atoms with Crippen LogP contribution in [0.25, 0.3) is 10.9 Å². The number of alkyl halides is 3. The van der Waals surface area contributed by atoms with Gasteiger partial charge in [0.25, 0.3) is 11.6 Å². The fourth-order valence-electron chi connectivity index (χ4n) is 2.51. The summed E-state index contributed by atoms with van der Waals surface area (Å²) in [6, 6.07) is 6.82. The second kappa shape index (κ2) is 4.57. The number of aryl methyl sites for hydroxylation is 1. The smallest absolute Gasteiger partial charge is 0.362 e. The maximum Gasteiger partial charge on any atom is 0.438 e. The zero-order chi connectivity index (χ0) is 16.1. The summed E-state index contributed by atoms with van der Waals surface area (Å²) >= 11 is 0. The normalized spacial score (nSPS) is 21.8. The number of aliphatic hydroxyl groups is 1. The first-order valence-corrected chi connectivity index (χ1v) is 6.46. The minimum atomic E-state index is -5.00. The van der Waals surface area contributed by atoms with Gasteiger partial charge in [-0.05, 0) is 6.07 Å². The Hall–Kier alpha value is -2.35. The fraction of sp³-hybridized carbons (Fsp3) is 0.286. The van der Waals surface area contributed by atoms with Crippen LogP contribution < -0.4 is 0 Å². The first kappa shape index (κ1) is 14.6. The third-order valence-corrected chi connectivity index (χ3v) is 3.70.